The lowest BCUT2D eigenvalue weighted by atomic mass is 10.3. The average Bonchev–Trinajstić information content (AvgIpc) is 2.43. The standard InChI is InChI=1S/C13H12F2N4O2/c1-2-16-12-6-5-11(19(20)21)13(18-12)17-10-7-8(14)3-4-9(10)15/h3-7H,2H2,1H3,(H2,16,17,18). The summed E-state index contributed by atoms with van der Waals surface area (Å²) in [5, 5.41) is 16.3. The molecule has 2 N–H and O–H groups in total. The zero-order valence-corrected chi connectivity index (χ0v) is 11.1. The number of nitro groups is 1. The molecule has 0 fully saturated rings. The topological polar surface area (TPSA) is 80.1 Å². The zero-order chi connectivity index (χ0) is 15.4. The molecule has 1 aromatic carbocycles. The van der Waals surface area contributed by atoms with Gasteiger partial charge in [0.2, 0.25) is 5.82 Å². The van der Waals surface area contributed by atoms with E-state index in [9.17, 15) is 18.9 Å². The van der Waals surface area contributed by atoms with Gasteiger partial charge in [-0.1, -0.05) is 0 Å². The lowest BCUT2D eigenvalue weighted by molar-refractivity contribution is -0.384. The van der Waals surface area contributed by atoms with Gasteiger partial charge in [-0.25, -0.2) is 13.8 Å². The molecule has 0 saturated carbocycles. The van der Waals surface area contributed by atoms with Crippen molar-refractivity contribution in [2.75, 3.05) is 17.2 Å². The van der Waals surface area contributed by atoms with E-state index in [1.165, 1.54) is 12.1 Å². The normalized spacial score (nSPS) is 10.2. The van der Waals surface area contributed by atoms with E-state index in [0.29, 0.717) is 12.4 Å². The maximum absolute atomic E-state index is 13.6. The van der Waals surface area contributed by atoms with Gasteiger partial charge < -0.3 is 10.6 Å². The summed E-state index contributed by atoms with van der Waals surface area (Å²) >= 11 is 0. The molecule has 1 aromatic heterocycles. The van der Waals surface area contributed by atoms with Crippen LogP contribution in [0.4, 0.5) is 31.8 Å². The molecule has 1 heterocycles. The van der Waals surface area contributed by atoms with Crippen LogP contribution in [-0.2, 0) is 0 Å². The first-order valence-electron chi connectivity index (χ1n) is 6.12. The van der Waals surface area contributed by atoms with Crippen LogP contribution in [0.25, 0.3) is 0 Å². The molecule has 6 nitrogen and oxygen atoms in total. The predicted octanol–water partition coefficient (Wildman–Crippen LogP) is 3.44. The summed E-state index contributed by atoms with van der Waals surface area (Å²) in [6, 6.07) is 5.47. The average molecular weight is 294 g/mol. The van der Waals surface area contributed by atoms with E-state index in [2.05, 4.69) is 15.6 Å². The highest BCUT2D eigenvalue weighted by atomic mass is 19.1. The molecule has 0 aliphatic carbocycles. The van der Waals surface area contributed by atoms with E-state index in [-0.39, 0.29) is 17.2 Å². The van der Waals surface area contributed by atoms with Crippen molar-refractivity contribution in [2.24, 2.45) is 0 Å². The largest absolute Gasteiger partial charge is 0.370 e. The fourth-order valence-corrected chi connectivity index (χ4v) is 1.69. The maximum Gasteiger partial charge on any atom is 0.311 e. The van der Waals surface area contributed by atoms with Crippen LogP contribution in [0.3, 0.4) is 0 Å². The van der Waals surface area contributed by atoms with E-state index < -0.39 is 16.6 Å². The Balaban J connectivity index is 2.43. The fraction of sp³-hybridized carbons (Fsp3) is 0.154. The Bertz CT molecular complexity index is 679. The summed E-state index contributed by atoms with van der Waals surface area (Å²) in [6.45, 7) is 2.40. The lowest BCUT2D eigenvalue weighted by Crippen LogP contribution is -2.05. The SMILES string of the molecule is CCNc1ccc([N+](=O)[O-])c(Nc2cc(F)ccc2F)n1. The summed E-state index contributed by atoms with van der Waals surface area (Å²) in [6.07, 6.45) is 0. The molecule has 0 bridgehead atoms. The van der Waals surface area contributed by atoms with Gasteiger partial charge in [0, 0.05) is 18.7 Å². The minimum absolute atomic E-state index is 0.164. The Morgan fingerprint density at radius 1 is 1.29 bits per heavy atom. The van der Waals surface area contributed by atoms with Crippen LogP contribution in [0.15, 0.2) is 30.3 Å². The first kappa shape index (κ1) is 14.6. The number of rotatable bonds is 5. The van der Waals surface area contributed by atoms with Crippen LogP contribution in [0, 0.1) is 21.7 Å². The molecule has 8 heteroatoms. The molecule has 0 amide bonds. The highest BCUT2D eigenvalue weighted by Gasteiger charge is 2.17. The second kappa shape index (κ2) is 6.12. The van der Waals surface area contributed by atoms with E-state index in [0.717, 1.165) is 18.2 Å². The molecule has 0 saturated heterocycles. The van der Waals surface area contributed by atoms with Crippen molar-refractivity contribution in [3.05, 3.63) is 52.1 Å². The number of nitrogens with zero attached hydrogens (tertiary/aromatic N) is 2. The van der Waals surface area contributed by atoms with Gasteiger partial charge in [-0.2, -0.15) is 0 Å². The molecule has 2 aromatic rings. The number of aromatic nitrogens is 1. The summed E-state index contributed by atoms with van der Waals surface area (Å²) in [5.41, 5.74) is -0.556. The van der Waals surface area contributed by atoms with E-state index in [1.54, 1.807) is 0 Å². The Hall–Kier alpha value is -2.77. The quantitative estimate of drug-likeness (QED) is 0.652. The molecular weight excluding hydrogens is 282 g/mol. The van der Waals surface area contributed by atoms with Crippen molar-refractivity contribution < 1.29 is 13.7 Å². The third-order valence-corrected chi connectivity index (χ3v) is 2.61. The van der Waals surface area contributed by atoms with Gasteiger partial charge in [0.25, 0.3) is 0 Å². The summed E-state index contributed by atoms with van der Waals surface area (Å²) in [5.74, 6) is -1.17. The zero-order valence-electron chi connectivity index (χ0n) is 11.1. The number of halogens is 2. The van der Waals surface area contributed by atoms with Gasteiger partial charge in [0.1, 0.15) is 17.5 Å². The number of nitrogens with one attached hydrogen (secondary N) is 2. The molecule has 21 heavy (non-hydrogen) atoms. The smallest absolute Gasteiger partial charge is 0.311 e. The monoisotopic (exact) mass is 294 g/mol. The number of hydrogen-bond donors (Lipinski definition) is 2. The minimum Gasteiger partial charge on any atom is -0.370 e. The molecule has 0 unspecified atom stereocenters. The molecule has 0 spiro atoms. The van der Waals surface area contributed by atoms with Crippen LogP contribution in [-0.4, -0.2) is 16.5 Å². The van der Waals surface area contributed by atoms with Gasteiger partial charge >= 0.3 is 5.69 Å². The second-order valence-corrected chi connectivity index (χ2v) is 4.10. The first-order valence-corrected chi connectivity index (χ1v) is 6.12. The Kier molecular flexibility index (Phi) is 4.27. The molecule has 2 rings (SSSR count). The van der Waals surface area contributed by atoms with Gasteiger partial charge in [-0.15, -0.1) is 0 Å². The van der Waals surface area contributed by atoms with Gasteiger partial charge in [-0.3, -0.25) is 10.1 Å². The second-order valence-electron chi connectivity index (χ2n) is 4.10. The van der Waals surface area contributed by atoms with Crippen molar-refractivity contribution in [1.29, 1.82) is 0 Å². The Morgan fingerprint density at radius 3 is 2.71 bits per heavy atom. The minimum atomic E-state index is -0.735. The number of hydrogen-bond acceptors (Lipinski definition) is 5. The lowest BCUT2D eigenvalue weighted by Gasteiger charge is -2.09. The highest BCUT2D eigenvalue weighted by Crippen LogP contribution is 2.28. The van der Waals surface area contributed by atoms with Crippen molar-refractivity contribution in [3.63, 3.8) is 0 Å². The van der Waals surface area contributed by atoms with Gasteiger partial charge in [0.05, 0.1) is 10.6 Å². The number of benzene rings is 1. The number of pyridine rings is 1. The van der Waals surface area contributed by atoms with Crippen LogP contribution in [0.1, 0.15) is 6.92 Å². The van der Waals surface area contributed by atoms with Crippen molar-refractivity contribution >= 4 is 23.0 Å². The van der Waals surface area contributed by atoms with E-state index >= 15 is 0 Å². The molecular formula is C13H12F2N4O2. The highest BCUT2D eigenvalue weighted by molar-refractivity contribution is 5.68. The molecule has 0 radical (unpaired) electrons. The third kappa shape index (κ3) is 3.41. The Morgan fingerprint density at radius 2 is 2.05 bits per heavy atom. The van der Waals surface area contributed by atoms with Crippen molar-refractivity contribution in [2.45, 2.75) is 6.92 Å². The van der Waals surface area contributed by atoms with Crippen LogP contribution >= 0.6 is 0 Å². The predicted molar refractivity (Wildman–Crippen MR) is 74.7 cm³/mol. The third-order valence-electron chi connectivity index (χ3n) is 2.61. The molecule has 0 aliphatic heterocycles. The first-order chi connectivity index (χ1) is 10.0. The summed E-state index contributed by atoms with van der Waals surface area (Å²) in [7, 11) is 0. The summed E-state index contributed by atoms with van der Waals surface area (Å²) in [4.78, 5) is 14.3. The van der Waals surface area contributed by atoms with Gasteiger partial charge in [-0.05, 0) is 25.1 Å². The van der Waals surface area contributed by atoms with E-state index in [4.69, 9.17) is 0 Å². The Labute approximate surface area is 119 Å². The van der Waals surface area contributed by atoms with E-state index in [1.807, 2.05) is 6.92 Å². The fourth-order valence-electron chi connectivity index (χ4n) is 1.69. The van der Waals surface area contributed by atoms with Crippen molar-refractivity contribution in [1.82, 2.24) is 4.98 Å². The van der Waals surface area contributed by atoms with Crippen LogP contribution in [0.5, 0.6) is 0 Å². The molecule has 0 atom stereocenters. The number of anilines is 3. The van der Waals surface area contributed by atoms with Crippen molar-refractivity contribution in [3.8, 4) is 0 Å². The maximum atomic E-state index is 13.6. The van der Waals surface area contributed by atoms with Crippen LogP contribution < -0.4 is 10.6 Å². The van der Waals surface area contributed by atoms with Crippen LogP contribution in [0.2, 0.25) is 0 Å². The molecule has 110 valence electrons. The summed E-state index contributed by atoms with van der Waals surface area (Å²) < 4.78 is 26.7. The molecule has 0 aliphatic rings. The van der Waals surface area contributed by atoms with Gasteiger partial charge in [0.15, 0.2) is 0 Å².